The highest BCUT2D eigenvalue weighted by atomic mass is 16.5. The molecule has 7 aromatic carbocycles. The first-order valence-corrected chi connectivity index (χ1v) is 21.8. The van der Waals surface area contributed by atoms with Crippen molar-refractivity contribution in [3.63, 3.8) is 0 Å². The molecule has 0 radical (unpaired) electrons. The van der Waals surface area contributed by atoms with Crippen molar-refractivity contribution in [1.82, 2.24) is 39.9 Å². The molecule has 9 heteroatoms. The summed E-state index contributed by atoms with van der Waals surface area (Å²) in [5, 5.41) is 2.02. The van der Waals surface area contributed by atoms with Gasteiger partial charge >= 0.3 is 0 Å². The Morgan fingerprint density at radius 3 is 1.58 bits per heavy atom. The van der Waals surface area contributed by atoms with Crippen molar-refractivity contribution in [2.75, 3.05) is 0 Å². The Kier molecular flexibility index (Phi) is 9.27. The molecule has 0 amide bonds. The average molecular weight is 851 g/mol. The van der Waals surface area contributed by atoms with E-state index in [-0.39, 0.29) is 0 Å². The number of fused-ring (bicyclic) bond motifs is 5. The van der Waals surface area contributed by atoms with E-state index in [4.69, 9.17) is 34.6 Å². The highest BCUT2D eigenvalue weighted by Crippen LogP contribution is 2.47. The van der Waals surface area contributed by atoms with Crippen LogP contribution < -0.4 is 4.74 Å². The zero-order valence-electron chi connectivity index (χ0n) is 36.0. The third-order valence-electron chi connectivity index (χ3n) is 12.1. The lowest BCUT2D eigenvalue weighted by atomic mass is 9.85. The summed E-state index contributed by atoms with van der Waals surface area (Å²) in [5.41, 5.74) is 11.3. The van der Waals surface area contributed by atoms with Gasteiger partial charge in [-0.2, -0.15) is 0 Å². The summed E-state index contributed by atoms with van der Waals surface area (Å²) in [6.45, 7) is 4.23. The van der Waals surface area contributed by atoms with Gasteiger partial charge in [0.25, 0.3) is 0 Å². The highest BCUT2D eigenvalue weighted by Gasteiger charge is 2.32. The Labute approximate surface area is 380 Å². The van der Waals surface area contributed by atoms with Crippen LogP contribution in [0.2, 0.25) is 0 Å². The van der Waals surface area contributed by atoms with Crippen LogP contribution in [0.25, 0.3) is 112 Å². The highest BCUT2D eigenvalue weighted by molar-refractivity contribution is 5.89. The number of rotatable bonds is 7. The van der Waals surface area contributed by atoms with Gasteiger partial charge in [0.15, 0.2) is 34.9 Å². The van der Waals surface area contributed by atoms with E-state index in [0.717, 1.165) is 88.8 Å². The van der Waals surface area contributed by atoms with Crippen molar-refractivity contribution in [3.8, 4) is 96.3 Å². The van der Waals surface area contributed by atoms with Crippen molar-refractivity contribution >= 4 is 21.8 Å². The third kappa shape index (κ3) is 7.09. The number of benzene rings is 7. The number of ether oxygens (including phenoxy) is 1. The largest absolute Gasteiger partial charge is 0.482 e. The minimum Gasteiger partial charge on any atom is -0.482 e. The quantitative estimate of drug-likeness (QED) is 0.155. The van der Waals surface area contributed by atoms with E-state index in [9.17, 15) is 0 Å². The lowest BCUT2D eigenvalue weighted by molar-refractivity contribution is 0.106. The predicted molar refractivity (Wildman–Crippen MR) is 261 cm³/mol. The average Bonchev–Trinajstić information content (AvgIpc) is 3.38. The molecule has 0 unspecified atom stereocenters. The summed E-state index contributed by atoms with van der Waals surface area (Å²) in [6.07, 6.45) is 3.60. The summed E-state index contributed by atoms with van der Waals surface area (Å²) in [7, 11) is 0. The summed E-state index contributed by atoms with van der Waals surface area (Å²) in [4.78, 5) is 40.1. The maximum absolute atomic E-state index is 6.83. The first-order chi connectivity index (χ1) is 32.4. The summed E-state index contributed by atoms with van der Waals surface area (Å²) in [6, 6.07) is 61.3. The molecular formula is C57H38N8O. The summed E-state index contributed by atoms with van der Waals surface area (Å²) < 4.78 is 6.83. The summed E-state index contributed by atoms with van der Waals surface area (Å²) >= 11 is 0. The fraction of sp³-hybridized carbons (Fsp3) is 0.0526. The zero-order valence-corrected chi connectivity index (χ0v) is 36.0. The van der Waals surface area contributed by atoms with Crippen LogP contribution in [0.4, 0.5) is 0 Å². The van der Waals surface area contributed by atoms with E-state index in [2.05, 4.69) is 90.5 Å². The Hall–Kier alpha value is -8.82. The number of pyridine rings is 2. The molecule has 4 aromatic heterocycles. The predicted octanol–water partition coefficient (Wildman–Crippen LogP) is 13.1. The first-order valence-electron chi connectivity index (χ1n) is 21.8. The van der Waals surface area contributed by atoms with Crippen LogP contribution >= 0.6 is 0 Å². The number of hydrogen-bond donors (Lipinski definition) is 0. The number of aromatic nitrogens is 8. The molecule has 5 heterocycles. The van der Waals surface area contributed by atoms with Crippen LogP contribution in [-0.2, 0) is 5.60 Å². The number of hydrogen-bond acceptors (Lipinski definition) is 9. The van der Waals surface area contributed by atoms with Crippen LogP contribution in [0.5, 0.6) is 5.75 Å². The maximum atomic E-state index is 6.83. The molecule has 0 N–H and O–H groups in total. The second kappa shape index (κ2) is 15.8. The summed E-state index contributed by atoms with van der Waals surface area (Å²) in [5.74, 6) is 4.03. The third-order valence-corrected chi connectivity index (χ3v) is 12.1. The molecule has 9 nitrogen and oxygen atoms in total. The van der Waals surface area contributed by atoms with E-state index < -0.39 is 5.60 Å². The van der Waals surface area contributed by atoms with Crippen LogP contribution in [0.3, 0.4) is 0 Å². The molecule has 0 bridgehead atoms. The Bertz CT molecular complexity index is 3510. The van der Waals surface area contributed by atoms with E-state index in [0.29, 0.717) is 34.9 Å². The van der Waals surface area contributed by atoms with Crippen molar-refractivity contribution in [2.24, 2.45) is 0 Å². The fourth-order valence-electron chi connectivity index (χ4n) is 8.80. The van der Waals surface area contributed by atoms with Gasteiger partial charge in [-0.25, -0.2) is 29.9 Å². The molecule has 0 saturated heterocycles. The zero-order chi connectivity index (χ0) is 44.2. The minimum absolute atomic E-state index is 0.505. The van der Waals surface area contributed by atoms with Crippen molar-refractivity contribution in [1.29, 1.82) is 0 Å². The Morgan fingerprint density at radius 2 is 0.864 bits per heavy atom. The lowest BCUT2D eigenvalue weighted by Crippen LogP contribution is -2.29. The van der Waals surface area contributed by atoms with Crippen LogP contribution in [0.1, 0.15) is 19.4 Å². The van der Waals surface area contributed by atoms with E-state index in [1.54, 1.807) is 12.4 Å². The van der Waals surface area contributed by atoms with E-state index in [1.807, 2.05) is 115 Å². The Morgan fingerprint density at radius 1 is 0.333 bits per heavy atom. The van der Waals surface area contributed by atoms with Crippen molar-refractivity contribution < 1.29 is 4.74 Å². The second-order valence-electron chi connectivity index (χ2n) is 16.8. The van der Waals surface area contributed by atoms with Gasteiger partial charge < -0.3 is 4.74 Å². The lowest BCUT2D eigenvalue weighted by Gasteiger charge is -2.35. The van der Waals surface area contributed by atoms with Gasteiger partial charge in [-0.3, -0.25) is 9.97 Å². The molecule has 0 atom stereocenters. The van der Waals surface area contributed by atoms with Crippen LogP contribution in [-0.4, -0.2) is 39.9 Å². The smallest absolute Gasteiger partial charge is 0.164 e. The normalized spacial score (nSPS) is 12.6. The fourth-order valence-corrected chi connectivity index (χ4v) is 8.80. The van der Waals surface area contributed by atoms with Gasteiger partial charge in [-0.1, -0.05) is 127 Å². The van der Waals surface area contributed by atoms with E-state index in [1.165, 1.54) is 0 Å². The molecule has 1 aliphatic rings. The molecule has 1 aliphatic heterocycles. The molecular weight excluding hydrogens is 813 g/mol. The molecule has 12 rings (SSSR count). The topological polar surface area (TPSA) is 112 Å². The molecule has 66 heavy (non-hydrogen) atoms. The maximum Gasteiger partial charge on any atom is 0.164 e. The van der Waals surface area contributed by atoms with Crippen LogP contribution in [0, 0.1) is 0 Å². The SMILES string of the molecule is CC1(C)Oc2cc(-c3cc(-c4nc(-c5ccc6ncccc6c5)nc(-c5ccc6cccnc6c5)n4)ccc3-c3nc(-c4ccccc4)nc(-c4ccccc4)n3)ccc2-c2ccccc21. The van der Waals surface area contributed by atoms with Gasteiger partial charge in [0.2, 0.25) is 0 Å². The molecule has 0 saturated carbocycles. The Balaban J connectivity index is 1.09. The van der Waals surface area contributed by atoms with Crippen LogP contribution in [0.15, 0.2) is 194 Å². The van der Waals surface area contributed by atoms with Gasteiger partial charge in [0.05, 0.1) is 11.0 Å². The molecule has 312 valence electrons. The van der Waals surface area contributed by atoms with Gasteiger partial charge in [-0.05, 0) is 85.1 Å². The van der Waals surface area contributed by atoms with Gasteiger partial charge in [0.1, 0.15) is 11.4 Å². The first kappa shape index (κ1) is 38.8. The van der Waals surface area contributed by atoms with Crippen molar-refractivity contribution in [2.45, 2.75) is 19.4 Å². The van der Waals surface area contributed by atoms with E-state index >= 15 is 0 Å². The molecule has 11 aromatic rings. The standard InChI is InChI=1S/C57H38N8O/c1-57(2)47-20-10-9-19-43(47)44-26-23-38(34-50(44)66-57)46-32-41(24-27-45(46)56-64-51(36-13-5-3-6-14-36)60-52(65-56)37-15-7-4-8-16-37)54-61-53(40-25-28-48-39(31-40)18-12-29-58-48)62-55(63-54)42-22-21-35-17-11-30-59-49(35)33-42/h3-34H,1-2H3. The van der Waals surface area contributed by atoms with Gasteiger partial charge in [0, 0.05) is 67.7 Å². The molecule has 0 fully saturated rings. The number of nitrogens with zero attached hydrogens (tertiary/aromatic N) is 8. The minimum atomic E-state index is -0.551. The second-order valence-corrected chi connectivity index (χ2v) is 16.8. The monoisotopic (exact) mass is 850 g/mol. The molecule has 0 spiro atoms. The molecule has 0 aliphatic carbocycles. The van der Waals surface area contributed by atoms with Gasteiger partial charge in [-0.15, -0.1) is 0 Å². The van der Waals surface area contributed by atoms with Crippen molar-refractivity contribution in [3.05, 3.63) is 200 Å².